The fourth-order valence-electron chi connectivity index (χ4n) is 2.55. The van der Waals surface area contributed by atoms with Gasteiger partial charge in [0, 0.05) is 17.8 Å². The minimum absolute atomic E-state index is 0.0211. The van der Waals surface area contributed by atoms with Crippen LogP contribution in [0, 0.1) is 10.1 Å². The molecule has 0 aliphatic heterocycles. The van der Waals surface area contributed by atoms with Crippen LogP contribution in [-0.4, -0.2) is 17.2 Å². The Morgan fingerprint density at radius 1 is 1.21 bits per heavy atom. The number of hydrogen-bond donors (Lipinski definition) is 0. The first-order valence-electron chi connectivity index (χ1n) is 8.48. The van der Waals surface area contributed by atoms with E-state index >= 15 is 0 Å². The van der Waals surface area contributed by atoms with E-state index in [1.807, 2.05) is 0 Å². The highest BCUT2D eigenvalue weighted by atomic mass is 35.5. The van der Waals surface area contributed by atoms with Gasteiger partial charge in [-0.15, -0.1) is 0 Å². The van der Waals surface area contributed by atoms with Crippen LogP contribution in [0.5, 0.6) is 11.5 Å². The van der Waals surface area contributed by atoms with Gasteiger partial charge in [-0.25, -0.2) is 0 Å². The van der Waals surface area contributed by atoms with Gasteiger partial charge in [-0.2, -0.15) is 13.2 Å². The van der Waals surface area contributed by atoms with Crippen molar-refractivity contribution in [3.8, 4) is 11.5 Å². The van der Waals surface area contributed by atoms with Gasteiger partial charge >= 0.3 is 6.18 Å². The maximum atomic E-state index is 13.3. The fourth-order valence-corrected chi connectivity index (χ4v) is 4.93. The highest BCUT2D eigenvalue weighted by Gasteiger charge is 2.37. The third-order valence-corrected chi connectivity index (χ3v) is 7.29. The van der Waals surface area contributed by atoms with E-state index in [9.17, 15) is 27.9 Å². The van der Waals surface area contributed by atoms with Gasteiger partial charge in [0.1, 0.15) is 16.8 Å². The van der Waals surface area contributed by atoms with Crippen molar-refractivity contribution in [3.05, 3.63) is 57.1 Å². The van der Waals surface area contributed by atoms with Crippen LogP contribution in [0.4, 0.5) is 18.9 Å². The Kier molecular flexibility index (Phi) is 6.98. The van der Waals surface area contributed by atoms with Gasteiger partial charge in [0.25, 0.3) is 5.69 Å². The lowest BCUT2D eigenvalue weighted by atomic mass is 10.2. The van der Waals surface area contributed by atoms with Crippen molar-refractivity contribution in [3.63, 3.8) is 0 Å². The molecule has 2 rings (SSSR count). The number of rotatable bonds is 7. The average molecular weight is 452 g/mol. The van der Waals surface area contributed by atoms with E-state index in [1.165, 1.54) is 12.1 Å². The molecule has 0 radical (unpaired) electrons. The van der Waals surface area contributed by atoms with E-state index < -0.39 is 35.4 Å². The lowest BCUT2D eigenvalue weighted by Crippen LogP contribution is -2.18. The number of ether oxygens (including phenoxy) is 1. The maximum Gasteiger partial charge on any atom is 0.416 e. The quantitative estimate of drug-likeness (QED) is 0.276. The summed E-state index contributed by atoms with van der Waals surface area (Å²) in [6.07, 6.45) is -4.57. The Bertz CT molecular complexity index is 965. The van der Waals surface area contributed by atoms with Gasteiger partial charge in [0.05, 0.1) is 22.1 Å². The Morgan fingerprint density at radius 3 is 2.34 bits per heavy atom. The zero-order chi connectivity index (χ0) is 22.0. The van der Waals surface area contributed by atoms with E-state index in [4.69, 9.17) is 20.9 Å². The number of benzene rings is 2. The van der Waals surface area contributed by atoms with Crippen molar-refractivity contribution in [2.24, 2.45) is 0 Å². The number of nitro groups is 1. The monoisotopic (exact) mass is 451 g/mol. The number of alkyl halides is 3. The smallest absolute Gasteiger partial charge is 0.416 e. The van der Waals surface area contributed by atoms with Crippen molar-refractivity contribution < 1.29 is 31.9 Å². The van der Waals surface area contributed by atoms with Crippen LogP contribution in [0.1, 0.15) is 26.3 Å². The molecule has 0 aliphatic carbocycles. The van der Waals surface area contributed by atoms with Crippen LogP contribution in [0.15, 0.2) is 36.4 Å². The van der Waals surface area contributed by atoms with E-state index in [-0.39, 0.29) is 28.4 Å². The van der Waals surface area contributed by atoms with E-state index in [2.05, 4.69) is 0 Å². The molecule has 11 heteroatoms. The Morgan fingerprint density at radius 2 is 1.86 bits per heavy atom. The first kappa shape index (κ1) is 23.2. The van der Waals surface area contributed by atoms with Crippen molar-refractivity contribution in [1.29, 1.82) is 0 Å². The number of halogens is 4. The normalized spacial score (nSPS) is 13.9. The first-order chi connectivity index (χ1) is 13.4. The fraction of sp³-hybridized carbons (Fsp3) is 0.333. The molecule has 0 bridgehead atoms. The summed E-state index contributed by atoms with van der Waals surface area (Å²) in [5.41, 5.74) is -1.90. The van der Waals surface area contributed by atoms with Crippen LogP contribution in [0.3, 0.4) is 0 Å². The molecule has 0 saturated heterocycles. The molecule has 0 aliphatic rings. The molecule has 29 heavy (non-hydrogen) atoms. The highest BCUT2D eigenvalue weighted by Crippen LogP contribution is 2.53. The second kappa shape index (κ2) is 8.73. The second-order valence-electron chi connectivity index (χ2n) is 6.26. The summed E-state index contributed by atoms with van der Waals surface area (Å²) >= 11 is 5.88. The SMILES string of the molecule is CCOP(=O)(c1cc(Oc2ccc(C(F)(F)F)cc2Cl)ccc1[N+](=O)[O-])C(C)C. The van der Waals surface area contributed by atoms with Crippen LogP contribution in [-0.2, 0) is 15.3 Å². The van der Waals surface area contributed by atoms with Crippen molar-refractivity contribution in [2.75, 3.05) is 6.61 Å². The molecule has 2 aromatic carbocycles. The third-order valence-electron chi connectivity index (χ3n) is 3.97. The molecule has 6 nitrogen and oxygen atoms in total. The van der Waals surface area contributed by atoms with Crippen molar-refractivity contribution >= 4 is 30.0 Å². The molecule has 0 amide bonds. The molecule has 1 atom stereocenters. The third kappa shape index (κ3) is 5.10. The van der Waals surface area contributed by atoms with Crippen LogP contribution < -0.4 is 10.0 Å². The van der Waals surface area contributed by atoms with Crippen molar-refractivity contribution in [1.82, 2.24) is 0 Å². The molecular formula is C18H18ClF3NO5P. The van der Waals surface area contributed by atoms with Gasteiger partial charge in [-0.1, -0.05) is 25.4 Å². The van der Waals surface area contributed by atoms with Gasteiger partial charge in [-0.05, 0) is 31.2 Å². The summed E-state index contributed by atoms with van der Waals surface area (Å²) < 4.78 is 62.5. The molecule has 0 saturated carbocycles. The van der Waals surface area contributed by atoms with Crippen molar-refractivity contribution in [2.45, 2.75) is 32.6 Å². The Hall–Kier alpha value is -2.09. The molecule has 1 unspecified atom stereocenters. The standard InChI is InChI=1S/C18H18ClF3NO5P/c1-4-27-29(26,11(2)3)17-10-13(6-7-15(17)23(24)25)28-16-8-5-12(9-14(16)19)18(20,21)22/h5-11H,4H2,1-3H3. The number of hydrogen-bond acceptors (Lipinski definition) is 5. The zero-order valence-electron chi connectivity index (χ0n) is 15.7. The van der Waals surface area contributed by atoms with E-state index in [0.717, 1.165) is 18.2 Å². The lowest BCUT2D eigenvalue weighted by molar-refractivity contribution is -0.383. The summed E-state index contributed by atoms with van der Waals surface area (Å²) in [6.45, 7) is 4.91. The minimum Gasteiger partial charge on any atom is -0.456 e. The summed E-state index contributed by atoms with van der Waals surface area (Å²) in [4.78, 5) is 10.7. The molecular weight excluding hydrogens is 434 g/mol. The van der Waals surface area contributed by atoms with Gasteiger partial charge < -0.3 is 9.26 Å². The second-order valence-corrected chi connectivity index (χ2v) is 9.64. The summed E-state index contributed by atoms with van der Waals surface area (Å²) in [5.74, 6) is -0.0666. The molecule has 0 spiro atoms. The predicted molar refractivity (Wildman–Crippen MR) is 104 cm³/mol. The average Bonchev–Trinajstić information content (AvgIpc) is 2.62. The molecule has 0 heterocycles. The Labute approximate surface area is 170 Å². The van der Waals surface area contributed by atoms with E-state index in [1.54, 1.807) is 20.8 Å². The van der Waals surface area contributed by atoms with E-state index in [0.29, 0.717) is 6.07 Å². The van der Waals surface area contributed by atoms with Gasteiger partial charge in [-0.3, -0.25) is 14.7 Å². The summed E-state index contributed by atoms with van der Waals surface area (Å²) in [7, 11) is -3.61. The molecule has 0 aromatic heterocycles. The predicted octanol–water partition coefficient (Wildman–Crippen LogP) is 6.41. The maximum absolute atomic E-state index is 13.3. The first-order valence-corrected chi connectivity index (χ1v) is 10.5. The van der Waals surface area contributed by atoms with Crippen LogP contribution in [0.2, 0.25) is 5.02 Å². The number of nitrogens with zero attached hydrogens (tertiary/aromatic N) is 1. The summed E-state index contributed by atoms with van der Waals surface area (Å²) in [5, 5.41) is 11.0. The van der Waals surface area contributed by atoms with Gasteiger partial charge in [0.15, 0.2) is 0 Å². The van der Waals surface area contributed by atoms with Gasteiger partial charge in [0.2, 0.25) is 7.37 Å². The highest BCUT2D eigenvalue weighted by molar-refractivity contribution is 7.68. The lowest BCUT2D eigenvalue weighted by Gasteiger charge is -2.22. The largest absolute Gasteiger partial charge is 0.456 e. The molecule has 158 valence electrons. The molecule has 0 fully saturated rings. The minimum atomic E-state index is -4.57. The topological polar surface area (TPSA) is 78.7 Å². The van der Waals surface area contributed by atoms with Crippen LogP contribution in [0.25, 0.3) is 0 Å². The number of nitro benzene ring substituents is 1. The molecule has 2 aromatic rings. The van der Waals surface area contributed by atoms with Crippen LogP contribution >= 0.6 is 19.0 Å². The summed E-state index contributed by atoms with van der Waals surface area (Å²) in [6, 6.07) is 6.09. The molecule has 0 N–H and O–H groups in total. The zero-order valence-corrected chi connectivity index (χ0v) is 17.3. The Balaban J connectivity index is 2.51.